The Bertz CT molecular complexity index is 213. The summed E-state index contributed by atoms with van der Waals surface area (Å²) in [6.45, 7) is 1.92. The fraction of sp³-hybridized carbons (Fsp3) is 0.444. The summed E-state index contributed by atoms with van der Waals surface area (Å²) in [5.74, 6) is -0.634. The molecule has 0 aromatic carbocycles. The zero-order valence-corrected chi connectivity index (χ0v) is 7.27. The number of hydrogen-bond donors (Lipinski definition) is 0. The molecule has 0 atom stereocenters. The fourth-order valence-electron chi connectivity index (χ4n) is 0.598. The molecule has 0 radical (unpaired) electrons. The van der Waals surface area contributed by atoms with E-state index in [0.717, 1.165) is 12.5 Å². The third-order valence-corrected chi connectivity index (χ3v) is 1.17. The second kappa shape index (κ2) is 5.56. The van der Waals surface area contributed by atoms with E-state index in [0.29, 0.717) is 12.5 Å². The van der Waals surface area contributed by atoms with Gasteiger partial charge in [-0.25, -0.2) is 0 Å². The molecule has 0 rings (SSSR count). The lowest BCUT2D eigenvalue weighted by molar-refractivity contribution is -0.111. The molecule has 74 valence electrons. The van der Waals surface area contributed by atoms with E-state index in [-0.39, 0.29) is 6.08 Å². The van der Waals surface area contributed by atoms with Crippen molar-refractivity contribution in [2.45, 2.75) is 25.9 Å². The quantitative estimate of drug-likeness (QED) is 0.625. The Morgan fingerprint density at radius 3 is 2.38 bits per heavy atom. The van der Waals surface area contributed by atoms with Gasteiger partial charge in [-0.1, -0.05) is 19.4 Å². The molecule has 13 heavy (non-hydrogen) atoms. The van der Waals surface area contributed by atoms with Crippen molar-refractivity contribution in [2.75, 3.05) is 0 Å². The maximum atomic E-state index is 11.5. The van der Waals surface area contributed by atoms with Gasteiger partial charge in [-0.15, -0.1) is 0 Å². The van der Waals surface area contributed by atoms with Crippen LogP contribution in [0.2, 0.25) is 0 Å². The van der Waals surface area contributed by atoms with Crippen LogP contribution in [-0.2, 0) is 4.79 Å². The molecule has 0 amide bonds. The number of carbonyl (C=O) groups is 1. The number of carbonyl (C=O) groups excluding carboxylic acids is 1. The molecule has 0 saturated carbocycles. The number of hydrogen-bond acceptors (Lipinski definition) is 1. The maximum absolute atomic E-state index is 11.5. The monoisotopic (exact) mass is 192 g/mol. The van der Waals surface area contributed by atoms with Crippen LogP contribution in [0.3, 0.4) is 0 Å². The average Bonchev–Trinajstić information content (AvgIpc) is 2.00. The first-order valence-electron chi connectivity index (χ1n) is 3.92. The Kier molecular flexibility index (Phi) is 5.11. The van der Waals surface area contributed by atoms with E-state index in [2.05, 4.69) is 0 Å². The third-order valence-electron chi connectivity index (χ3n) is 1.17. The first-order chi connectivity index (χ1) is 5.95. The van der Waals surface area contributed by atoms with Crippen LogP contribution in [0.15, 0.2) is 24.3 Å². The van der Waals surface area contributed by atoms with E-state index in [1.54, 1.807) is 6.08 Å². The molecule has 0 N–H and O–H groups in total. The van der Waals surface area contributed by atoms with E-state index in [1.807, 2.05) is 6.92 Å². The van der Waals surface area contributed by atoms with Crippen LogP contribution in [0, 0.1) is 0 Å². The molecule has 0 heterocycles. The first kappa shape index (κ1) is 11.9. The summed E-state index contributed by atoms with van der Waals surface area (Å²) in [6, 6.07) is 0. The summed E-state index contributed by atoms with van der Waals surface area (Å²) in [6.07, 6.45) is 0.319. The Morgan fingerprint density at radius 2 is 1.92 bits per heavy atom. The van der Waals surface area contributed by atoms with Gasteiger partial charge in [-0.3, -0.25) is 4.79 Å². The van der Waals surface area contributed by atoms with Crippen molar-refractivity contribution in [3.8, 4) is 0 Å². The molecule has 0 aliphatic rings. The van der Waals surface area contributed by atoms with Gasteiger partial charge in [0.2, 0.25) is 0 Å². The van der Waals surface area contributed by atoms with Crippen molar-refractivity contribution >= 4 is 5.78 Å². The molecule has 0 saturated heterocycles. The highest BCUT2D eigenvalue weighted by Gasteiger charge is 2.22. The molecule has 0 aromatic rings. The van der Waals surface area contributed by atoms with Crippen LogP contribution in [0.1, 0.15) is 19.8 Å². The van der Waals surface area contributed by atoms with Crippen molar-refractivity contribution in [2.24, 2.45) is 0 Å². The highest BCUT2D eigenvalue weighted by Crippen LogP contribution is 2.15. The number of alkyl halides is 3. The lowest BCUT2D eigenvalue weighted by Gasteiger charge is -1.94. The molecular formula is C9H11F3O. The minimum Gasteiger partial charge on any atom is -0.290 e. The zero-order valence-electron chi connectivity index (χ0n) is 7.27. The third kappa shape index (κ3) is 8.85. The smallest absolute Gasteiger partial charge is 0.290 e. The Labute approximate surface area is 74.9 Å². The topological polar surface area (TPSA) is 17.1 Å². The number of ketones is 1. The number of allylic oxidation sites excluding steroid dienone is 4. The van der Waals surface area contributed by atoms with E-state index in [9.17, 15) is 18.0 Å². The van der Waals surface area contributed by atoms with Gasteiger partial charge in [-0.2, -0.15) is 13.2 Å². The van der Waals surface area contributed by atoms with Crippen molar-refractivity contribution in [1.82, 2.24) is 0 Å². The van der Waals surface area contributed by atoms with Crippen LogP contribution in [0.4, 0.5) is 13.2 Å². The minimum absolute atomic E-state index is 0.0639. The van der Waals surface area contributed by atoms with Gasteiger partial charge in [-0.05, 0) is 18.6 Å². The molecule has 0 aromatic heterocycles. The van der Waals surface area contributed by atoms with Crippen LogP contribution in [0.5, 0.6) is 0 Å². The second-order valence-electron chi connectivity index (χ2n) is 2.47. The van der Waals surface area contributed by atoms with E-state index < -0.39 is 12.0 Å². The molecular weight excluding hydrogens is 181 g/mol. The first-order valence-corrected chi connectivity index (χ1v) is 3.92. The van der Waals surface area contributed by atoms with Gasteiger partial charge < -0.3 is 0 Å². The van der Waals surface area contributed by atoms with E-state index >= 15 is 0 Å². The molecule has 0 unspecified atom stereocenters. The molecule has 0 bridgehead atoms. The molecule has 0 aliphatic carbocycles. The Balaban J connectivity index is 3.94. The van der Waals surface area contributed by atoms with Gasteiger partial charge in [0.05, 0.1) is 0 Å². The summed E-state index contributed by atoms with van der Waals surface area (Å²) in [5.41, 5.74) is 0. The van der Waals surface area contributed by atoms with Crippen molar-refractivity contribution < 1.29 is 18.0 Å². The standard InChI is InChI=1S/C9H11F3O/c1-2-3-4-5-8(13)6-7-9(10,11)12/h4-7H,2-3H2,1H3/b5-4+,7-6+. The van der Waals surface area contributed by atoms with Gasteiger partial charge in [0.1, 0.15) is 0 Å². The van der Waals surface area contributed by atoms with E-state index in [4.69, 9.17) is 0 Å². The van der Waals surface area contributed by atoms with Crippen LogP contribution >= 0.6 is 0 Å². The summed E-state index contributed by atoms with van der Waals surface area (Å²) in [7, 11) is 0. The summed E-state index contributed by atoms with van der Waals surface area (Å²) < 4.78 is 34.6. The predicted molar refractivity (Wildman–Crippen MR) is 44.3 cm³/mol. The van der Waals surface area contributed by atoms with Crippen molar-refractivity contribution in [1.29, 1.82) is 0 Å². The fourth-order valence-corrected chi connectivity index (χ4v) is 0.598. The van der Waals surface area contributed by atoms with Crippen molar-refractivity contribution in [3.63, 3.8) is 0 Å². The lowest BCUT2D eigenvalue weighted by Crippen LogP contribution is -2.02. The van der Waals surface area contributed by atoms with Crippen LogP contribution < -0.4 is 0 Å². The number of unbranched alkanes of at least 4 members (excludes halogenated alkanes) is 1. The Hall–Kier alpha value is -1.06. The average molecular weight is 192 g/mol. The molecule has 1 nitrogen and oxygen atoms in total. The largest absolute Gasteiger partial charge is 0.409 e. The predicted octanol–water partition coefficient (Wildman–Crippen LogP) is 3.03. The summed E-state index contributed by atoms with van der Waals surface area (Å²) in [5, 5.41) is 0. The highest BCUT2D eigenvalue weighted by molar-refractivity contribution is 5.99. The number of rotatable bonds is 4. The maximum Gasteiger partial charge on any atom is 0.409 e. The second-order valence-corrected chi connectivity index (χ2v) is 2.47. The van der Waals surface area contributed by atoms with Gasteiger partial charge in [0.15, 0.2) is 5.78 Å². The van der Waals surface area contributed by atoms with E-state index in [1.165, 1.54) is 0 Å². The normalized spacial score (nSPS) is 12.9. The summed E-state index contributed by atoms with van der Waals surface area (Å²) in [4.78, 5) is 10.7. The number of halogens is 3. The SMILES string of the molecule is CCC/C=C/C(=O)/C=C/C(F)(F)F. The van der Waals surface area contributed by atoms with Gasteiger partial charge in [0.25, 0.3) is 0 Å². The van der Waals surface area contributed by atoms with Gasteiger partial charge >= 0.3 is 6.18 Å². The highest BCUT2D eigenvalue weighted by atomic mass is 19.4. The minimum atomic E-state index is -4.41. The molecule has 0 fully saturated rings. The molecule has 4 heteroatoms. The zero-order chi connectivity index (χ0) is 10.3. The van der Waals surface area contributed by atoms with Gasteiger partial charge in [0, 0.05) is 6.08 Å². The van der Waals surface area contributed by atoms with Crippen molar-refractivity contribution in [3.05, 3.63) is 24.3 Å². The summed E-state index contributed by atoms with van der Waals surface area (Å²) >= 11 is 0. The molecule has 0 aliphatic heterocycles. The lowest BCUT2D eigenvalue weighted by atomic mass is 10.2. The molecule has 0 spiro atoms. The van der Waals surface area contributed by atoms with Crippen LogP contribution in [-0.4, -0.2) is 12.0 Å². The van der Waals surface area contributed by atoms with Crippen LogP contribution in [0.25, 0.3) is 0 Å². The Morgan fingerprint density at radius 1 is 1.31 bits per heavy atom.